The van der Waals surface area contributed by atoms with Gasteiger partial charge in [-0.2, -0.15) is 8.78 Å². The number of ether oxygens (including phenoxy) is 1. The molecule has 1 saturated carbocycles. The highest BCUT2D eigenvalue weighted by atomic mass is 19.3. The Morgan fingerprint density at radius 1 is 1.18 bits per heavy atom. The van der Waals surface area contributed by atoms with Gasteiger partial charge in [0.2, 0.25) is 5.91 Å². The number of amides is 1. The Morgan fingerprint density at radius 3 is 2.32 bits per heavy atom. The number of alkyl halides is 4. The van der Waals surface area contributed by atoms with E-state index in [1.54, 1.807) is 12.2 Å². The standard InChI is InChI=1S/C14H17F4NO3/c15-13(16)14(17,18)7-22-12(21)10-4-2-1-3-9(10)11(20)19-8-5-6-8/h1-2,8-10,13H,3-7H2,(H,19,20)/t9-,10+/m1/s1. The minimum Gasteiger partial charge on any atom is -0.459 e. The molecule has 0 unspecified atom stereocenters. The zero-order valence-corrected chi connectivity index (χ0v) is 11.7. The third-order valence-electron chi connectivity index (χ3n) is 3.72. The van der Waals surface area contributed by atoms with Gasteiger partial charge in [0.15, 0.2) is 6.61 Å². The van der Waals surface area contributed by atoms with E-state index in [-0.39, 0.29) is 18.4 Å². The van der Waals surface area contributed by atoms with Gasteiger partial charge in [0, 0.05) is 6.04 Å². The van der Waals surface area contributed by atoms with Crippen LogP contribution < -0.4 is 5.32 Å². The summed E-state index contributed by atoms with van der Waals surface area (Å²) in [5.74, 6) is -7.38. The lowest BCUT2D eigenvalue weighted by Gasteiger charge is -2.26. The van der Waals surface area contributed by atoms with E-state index in [4.69, 9.17) is 0 Å². The molecule has 2 aliphatic carbocycles. The van der Waals surface area contributed by atoms with Crippen LogP contribution in [-0.4, -0.2) is 36.9 Å². The van der Waals surface area contributed by atoms with E-state index in [1.807, 2.05) is 0 Å². The van der Waals surface area contributed by atoms with Gasteiger partial charge in [0.1, 0.15) is 0 Å². The van der Waals surface area contributed by atoms with Crippen molar-refractivity contribution in [3.8, 4) is 0 Å². The highest BCUT2D eigenvalue weighted by molar-refractivity contribution is 5.86. The number of nitrogens with one attached hydrogen (secondary N) is 1. The predicted molar refractivity (Wildman–Crippen MR) is 68.4 cm³/mol. The van der Waals surface area contributed by atoms with Gasteiger partial charge in [0.25, 0.3) is 0 Å². The van der Waals surface area contributed by atoms with Crippen molar-refractivity contribution in [3.63, 3.8) is 0 Å². The van der Waals surface area contributed by atoms with E-state index in [0.717, 1.165) is 12.8 Å². The van der Waals surface area contributed by atoms with Gasteiger partial charge in [0.05, 0.1) is 11.8 Å². The van der Waals surface area contributed by atoms with Crippen LogP contribution in [0.15, 0.2) is 12.2 Å². The van der Waals surface area contributed by atoms with Crippen LogP contribution in [0.2, 0.25) is 0 Å². The molecule has 0 aliphatic heterocycles. The van der Waals surface area contributed by atoms with Crippen LogP contribution in [-0.2, 0) is 14.3 Å². The average molecular weight is 323 g/mol. The Labute approximate surface area is 124 Å². The molecular formula is C14H17F4NO3. The summed E-state index contributed by atoms with van der Waals surface area (Å²) in [5, 5.41) is 2.75. The monoisotopic (exact) mass is 323 g/mol. The molecule has 4 nitrogen and oxygen atoms in total. The first-order valence-corrected chi connectivity index (χ1v) is 7.09. The van der Waals surface area contributed by atoms with E-state index < -0.39 is 36.8 Å². The maximum Gasteiger partial charge on any atom is 0.340 e. The maximum atomic E-state index is 12.8. The van der Waals surface area contributed by atoms with Crippen molar-refractivity contribution in [2.45, 2.75) is 44.1 Å². The molecule has 0 aromatic heterocycles. The van der Waals surface area contributed by atoms with Crippen LogP contribution in [0.3, 0.4) is 0 Å². The summed E-state index contributed by atoms with van der Waals surface area (Å²) < 4.78 is 54.0. The van der Waals surface area contributed by atoms with Gasteiger partial charge >= 0.3 is 18.3 Å². The Morgan fingerprint density at radius 2 is 1.77 bits per heavy atom. The summed E-state index contributed by atoms with van der Waals surface area (Å²) in [6, 6.07) is 0.109. The van der Waals surface area contributed by atoms with Gasteiger partial charge < -0.3 is 10.1 Å². The molecule has 1 amide bonds. The highest BCUT2D eigenvalue weighted by Gasteiger charge is 2.44. The summed E-state index contributed by atoms with van der Waals surface area (Å²) in [5.41, 5.74) is 0. The molecule has 0 radical (unpaired) electrons. The largest absolute Gasteiger partial charge is 0.459 e. The summed E-state index contributed by atoms with van der Waals surface area (Å²) >= 11 is 0. The van der Waals surface area contributed by atoms with Crippen molar-refractivity contribution in [2.24, 2.45) is 11.8 Å². The average Bonchev–Trinajstić information content (AvgIpc) is 3.28. The van der Waals surface area contributed by atoms with Gasteiger partial charge in [-0.25, -0.2) is 8.78 Å². The molecule has 0 heterocycles. The smallest absolute Gasteiger partial charge is 0.340 e. The molecule has 22 heavy (non-hydrogen) atoms. The second-order valence-corrected chi connectivity index (χ2v) is 5.61. The molecule has 2 atom stereocenters. The molecule has 0 spiro atoms. The topological polar surface area (TPSA) is 55.4 Å². The SMILES string of the molecule is O=C(OCC(F)(F)C(F)F)[C@H]1CC=CC[C@H]1C(=O)NC1CC1. The summed E-state index contributed by atoms with van der Waals surface area (Å²) in [6.45, 7) is -1.68. The van der Waals surface area contributed by atoms with E-state index >= 15 is 0 Å². The quantitative estimate of drug-likeness (QED) is 0.463. The zero-order chi connectivity index (χ0) is 16.3. The van der Waals surface area contributed by atoms with E-state index in [9.17, 15) is 27.2 Å². The van der Waals surface area contributed by atoms with Gasteiger partial charge in [-0.1, -0.05) is 12.2 Å². The fraction of sp³-hybridized carbons (Fsp3) is 0.714. The van der Waals surface area contributed by atoms with E-state index in [0.29, 0.717) is 6.42 Å². The Hall–Kier alpha value is -1.60. The number of allylic oxidation sites excluding steroid dienone is 2. The van der Waals surface area contributed by atoms with Crippen LogP contribution in [0.4, 0.5) is 17.6 Å². The van der Waals surface area contributed by atoms with E-state index in [1.165, 1.54) is 0 Å². The Bertz CT molecular complexity index is 463. The van der Waals surface area contributed by atoms with Crippen molar-refractivity contribution < 1.29 is 31.9 Å². The number of rotatable bonds is 6. The van der Waals surface area contributed by atoms with Crippen LogP contribution >= 0.6 is 0 Å². The molecule has 2 rings (SSSR count). The second kappa shape index (κ2) is 6.66. The number of carbonyl (C=O) groups is 2. The fourth-order valence-corrected chi connectivity index (χ4v) is 2.24. The highest BCUT2D eigenvalue weighted by Crippen LogP contribution is 2.30. The third kappa shape index (κ3) is 4.20. The molecule has 8 heteroatoms. The van der Waals surface area contributed by atoms with Crippen LogP contribution in [0.5, 0.6) is 0 Å². The van der Waals surface area contributed by atoms with Gasteiger partial charge in [-0.3, -0.25) is 9.59 Å². The van der Waals surface area contributed by atoms with Crippen molar-refractivity contribution in [3.05, 3.63) is 12.2 Å². The predicted octanol–water partition coefficient (Wildman–Crippen LogP) is 2.29. The van der Waals surface area contributed by atoms with Crippen molar-refractivity contribution in [2.75, 3.05) is 6.61 Å². The molecule has 0 saturated heterocycles. The number of carbonyl (C=O) groups excluding carboxylic acids is 2. The van der Waals surface area contributed by atoms with Crippen molar-refractivity contribution in [1.29, 1.82) is 0 Å². The molecule has 124 valence electrons. The van der Waals surface area contributed by atoms with Crippen molar-refractivity contribution in [1.82, 2.24) is 5.32 Å². The number of hydrogen-bond acceptors (Lipinski definition) is 3. The van der Waals surface area contributed by atoms with Crippen LogP contribution in [0.25, 0.3) is 0 Å². The second-order valence-electron chi connectivity index (χ2n) is 5.61. The van der Waals surface area contributed by atoms with Gasteiger partial charge in [-0.05, 0) is 25.7 Å². The van der Waals surface area contributed by atoms with Gasteiger partial charge in [-0.15, -0.1) is 0 Å². The minimum atomic E-state index is -4.38. The molecule has 0 bridgehead atoms. The normalized spacial score (nSPS) is 25.1. The molecule has 0 aromatic rings. The molecular weight excluding hydrogens is 306 g/mol. The Balaban J connectivity index is 1.93. The molecule has 1 fully saturated rings. The summed E-state index contributed by atoms with van der Waals surface area (Å²) in [4.78, 5) is 23.9. The molecule has 1 N–H and O–H groups in total. The fourth-order valence-electron chi connectivity index (χ4n) is 2.24. The number of esters is 1. The third-order valence-corrected chi connectivity index (χ3v) is 3.72. The molecule has 2 aliphatic rings. The van der Waals surface area contributed by atoms with Crippen LogP contribution in [0.1, 0.15) is 25.7 Å². The molecule has 0 aromatic carbocycles. The summed E-state index contributed by atoms with van der Waals surface area (Å²) in [6.07, 6.45) is 1.70. The Kier molecular flexibility index (Phi) is 5.08. The summed E-state index contributed by atoms with van der Waals surface area (Å²) in [7, 11) is 0. The zero-order valence-electron chi connectivity index (χ0n) is 11.7. The van der Waals surface area contributed by atoms with Crippen LogP contribution in [0, 0.1) is 11.8 Å². The number of hydrogen-bond donors (Lipinski definition) is 1. The lowest BCUT2D eigenvalue weighted by Crippen LogP contribution is -2.41. The maximum absolute atomic E-state index is 12.8. The first-order chi connectivity index (χ1) is 10.3. The first-order valence-electron chi connectivity index (χ1n) is 7.09. The van der Waals surface area contributed by atoms with E-state index in [2.05, 4.69) is 10.1 Å². The number of halogens is 4. The lowest BCUT2D eigenvalue weighted by atomic mass is 9.82. The van der Waals surface area contributed by atoms with Crippen molar-refractivity contribution >= 4 is 11.9 Å². The first kappa shape index (κ1) is 16.8. The lowest BCUT2D eigenvalue weighted by molar-refractivity contribution is -0.184. The minimum absolute atomic E-state index is 0.109.